The molecule has 4 rings (SSSR count). The quantitative estimate of drug-likeness (QED) is 0.386. The van der Waals surface area contributed by atoms with Crippen molar-refractivity contribution in [1.29, 1.82) is 0 Å². The van der Waals surface area contributed by atoms with Crippen LogP contribution in [0.1, 0.15) is 25.7 Å². The van der Waals surface area contributed by atoms with E-state index in [1.165, 1.54) is 12.2 Å². The van der Waals surface area contributed by atoms with E-state index in [0.29, 0.717) is 25.9 Å². The Morgan fingerprint density at radius 1 is 1.33 bits per heavy atom. The number of halogens is 3. The third-order valence-electron chi connectivity index (χ3n) is 6.06. The zero-order chi connectivity index (χ0) is 21.7. The number of alkyl halides is 3. The summed E-state index contributed by atoms with van der Waals surface area (Å²) in [6, 6.07) is 0.0473. The van der Waals surface area contributed by atoms with Crippen molar-refractivity contribution in [1.82, 2.24) is 10.4 Å². The fraction of sp³-hybridized carbons (Fsp3) is 0.611. The standard InChI is InChI=1S/C18H20F3N5O4/c19-18(20,21)16(28)30-17-10(9-25-7-5-11(22)6-8-25)1-2-12-14(27)4-3-13(15(12)17)23-24-26(17)29/h3-4,10-11H,1-2,5-9,22H2/p+1. The van der Waals surface area contributed by atoms with Gasteiger partial charge in [-0.3, -0.25) is 4.79 Å². The zero-order valence-corrected chi connectivity index (χ0v) is 15.9. The molecule has 0 saturated carbocycles. The van der Waals surface area contributed by atoms with Crippen LogP contribution in [0.15, 0.2) is 28.4 Å². The average molecular weight is 428 g/mol. The van der Waals surface area contributed by atoms with E-state index in [4.69, 9.17) is 10.5 Å². The van der Waals surface area contributed by atoms with Gasteiger partial charge in [-0.05, 0) is 61.4 Å². The van der Waals surface area contributed by atoms with Gasteiger partial charge < -0.3 is 15.4 Å². The number of ether oxygens (including phenoxy) is 1. The number of hydrazone groups is 1. The number of ketones is 1. The molecule has 3 N–H and O–H groups in total. The van der Waals surface area contributed by atoms with Gasteiger partial charge >= 0.3 is 17.9 Å². The van der Waals surface area contributed by atoms with E-state index in [0.717, 1.165) is 0 Å². The maximum Gasteiger partial charge on any atom is 0.491 e. The van der Waals surface area contributed by atoms with Crippen LogP contribution < -0.4 is 11.3 Å². The van der Waals surface area contributed by atoms with Gasteiger partial charge in [0, 0.05) is 23.3 Å². The smallest absolute Gasteiger partial charge is 0.402 e. The van der Waals surface area contributed by atoms with Gasteiger partial charge in [-0.1, -0.05) is 0 Å². The van der Waals surface area contributed by atoms with E-state index in [1.807, 2.05) is 4.90 Å². The molecule has 2 unspecified atom stereocenters. The molecule has 30 heavy (non-hydrogen) atoms. The van der Waals surface area contributed by atoms with Crippen molar-refractivity contribution in [3.63, 3.8) is 0 Å². The van der Waals surface area contributed by atoms with Gasteiger partial charge in [0.15, 0.2) is 5.78 Å². The number of allylic oxidation sites excluding steroid dienone is 3. The van der Waals surface area contributed by atoms with Crippen molar-refractivity contribution in [3.05, 3.63) is 28.2 Å². The number of nitrogens with two attached hydrogens (primary N) is 1. The number of hydrazine groups is 1. The monoisotopic (exact) mass is 428 g/mol. The van der Waals surface area contributed by atoms with E-state index in [2.05, 4.69) is 10.6 Å². The lowest BCUT2D eigenvalue weighted by molar-refractivity contribution is -0.719. The number of nitroso groups, excluding NO2 is 1. The number of nitrogens with one attached hydrogen (secondary N) is 1. The zero-order valence-electron chi connectivity index (χ0n) is 15.9. The minimum absolute atomic E-state index is 0.0292. The minimum Gasteiger partial charge on any atom is -0.402 e. The Bertz CT molecular complexity index is 889. The maximum absolute atomic E-state index is 13.1. The van der Waals surface area contributed by atoms with Crippen LogP contribution in [-0.2, 0) is 14.3 Å². The maximum atomic E-state index is 13.1. The van der Waals surface area contributed by atoms with Crippen LogP contribution >= 0.6 is 0 Å². The summed E-state index contributed by atoms with van der Waals surface area (Å²) in [6.45, 7) is 1.43. The predicted molar refractivity (Wildman–Crippen MR) is 96.6 cm³/mol. The topological polar surface area (TPSA) is 117 Å². The van der Waals surface area contributed by atoms with Crippen molar-refractivity contribution < 1.29 is 32.4 Å². The lowest BCUT2D eigenvalue weighted by Crippen LogP contribution is -2.65. The molecular weight excluding hydrogens is 407 g/mol. The molecule has 12 heteroatoms. The number of rotatable bonds is 3. The van der Waals surface area contributed by atoms with E-state index >= 15 is 0 Å². The van der Waals surface area contributed by atoms with Crippen LogP contribution in [0, 0.1) is 10.8 Å². The molecule has 2 aliphatic heterocycles. The van der Waals surface area contributed by atoms with Gasteiger partial charge in [0.05, 0.1) is 10.8 Å². The summed E-state index contributed by atoms with van der Waals surface area (Å²) in [5, 5.41) is 3.84. The Morgan fingerprint density at radius 3 is 2.70 bits per heavy atom. The summed E-state index contributed by atoms with van der Waals surface area (Å²) in [5.41, 5.74) is 5.87. The third kappa shape index (κ3) is 3.33. The van der Waals surface area contributed by atoms with Gasteiger partial charge in [-0.2, -0.15) is 13.2 Å². The predicted octanol–water partition coefficient (Wildman–Crippen LogP) is 0.710. The fourth-order valence-corrected chi connectivity index (χ4v) is 4.55. The molecule has 0 spiro atoms. The second-order valence-corrected chi connectivity index (χ2v) is 7.90. The lowest BCUT2D eigenvalue weighted by atomic mass is 9.71. The molecule has 0 aromatic carbocycles. The minimum atomic E-state index is -5.31. The molecule has 0 amide bonds. The van der Waals surface area contributed by atoms with Crippen LogP contribution in [0.3, 0.4) is 0 Å². The van der Waals surface area contributed by atoms with E-state index in [9.17, 15) is 27.7 Å². The summed E-state index contributed by atoms with van der Waals surface area (Å²) in [4.78, 5) is 39.2. The summed E-state index contributed by atoms with van der Waals surface area (Å²) >= 11 is 0. The van der Waals surface area contributed by atoms with Gasteiger partial charge in [0.2, 0.25) is 5.71 Å². The van der Waals surface area contributed by atoms with Gasteiger partial charge in [0.25, 0.3) is 0 Å². The fourth-order valence-electron chi connectivity index (χ4n) is 4.55. The number of nitrogens with zero attached hydrogens (tertiary/aromatic N) is 3. The van der Waals surface area contributed by atoms with E-state index in [-0.39, 0.29) is 47.2 Å². The number of carbonyl (C=O) groups excluding carboxylic acids is 2. The second kappa shape index (κ2) is 7.27. The van der Waals surface area contributed by atoms with Crippen molar-refractivity contribution >= 4 is 17.5 Å². The van der Waals surface area contributed by atoms with Crippen LogP contribution in [0.2, 0.25) is 0 Å². The molecule has 4 aliphatic rings. The molecule has 2 aliphatic carbocycles. The van der Waals surface area contributed by atoms with E-state index in [1.54, 1.807) is 0 Å². The van der Waals surface area contributed by atoms with Crippen LogP contribution in [-0.4, -0.2) is 64.8 Å². The Labute approximate surface area is 169 Å². The molecule has 2 heterocycles. The van der Waals surface area contributed by atoms with Gasteiger partial charge in [0.1, 0.15) is 5.57 Å². The van der Waals surface area contributed by atoms with Crippen molar-refractivity contribution in [2.24, 2.45) is 16.8 Å². The molecule has 0 radical (unpaired) electrons. The SMILES string of the molecule is NC1CCN(CC2CCC3=C4C(=NN[N+](=O)C42OC(=O)C(F)(F)F)C=CC3=O)CC1. The van der Waals surface area contributed by atoms with Gasteiger partial charge in [-0.25, -0.2) is 4.79 Å². The Morgan fingerprint density at radius 2 is 2.03 bits per heavy atom. The normalized spacial score (nSPS) is 30.0. The van der Waals surface area contributed by atoms with Crippen molar-refractivity contribution in [2.75, 3.05) is 19.6 Å². The highest BCUT2D eigenvalue weighted by atomic mass is 19.4. The average Bonchev–Trinajstić information content (AvgIpc) is 2.69. The number of piperidine rings is 1. The molecule has 2 atom stereocenters. The number of esters is 1. The molecule has 1 fully saturated rings. The van der Waals surface area contributed by atoms with Crippen LogP contribution in [0.5, 0.6) is 0 Å². The Balaban J connectivity index is 1.77. The first kappa shape index (κ1) is 20.7. The first-order valence-electron chi connectivity index (χ1n) is 9.68. The van der Waals surface area contributed by atoms with Gasteiger partial charge in [-0.15, -0.1) is 0 Å². The van der Waals surface area contributed by atoms with Crippen LogP contribution in [0.25, 0.3) is 0 Å². The van der Waals surface area contributed by atoms with E-state index < -0.39 is 29.6 Å². The molecule has 9 nitrogen and oxygen atoms in total. The lowest BCUT2D eigenvalue weighted by Gasteiger charge is -2.43. The summed E-state index contributed by atoms with van der Waals surface area (Å²) in [6.07, 6.45) is -0.900. The summed E-state index contributed by atoms with van der Waals surface area (Å²) < 4.78 is 44.3. The molecule has 0 bridgehead atoms. The number of carbonyl (C=O) groups is 2. The molecular formula is C18H21F3N5O4+. The highest BCUT2D eigenvalue weighted by Gasteiger charge is 2.66. The Kier molecular flexibility index (Phi) is 5.01. The number of hydrogen-bond acceptors (Lipinski definition) is 7. The number of hydrogen-bond donors (Lipinski definition) is 2. The van der Waals surface area contributed by atoms with Crippen molar-refractivity contribution in [2.45, 2.75) is 43.6 Å². The highest BCUT2D eigenvalue weighted by molar-refractivity contribution is 6.23. The first-order chi connectivity index (χ1) is 14.1. The second-order valence-electron chi connectivity index (χ2n) is 7.90. The molecule has 162 valence electrons. The summed E-state index contributed by atoms with van der Waals surface area (Å²) in [5.74, 6) is -3.74. The Hall–Kier alpha value is -2.60. The summed E-state index contributed by atoms with van der Waals surface area (Å²) in [7, 11) is 0. The number of likely N-dealkylation sites (tertiary alicyclic amines) is 1. The highest BCUT2D eigenvalue weighted by Crippen LogP contribution is 2.46. The molecule has 0 aromatic heterocycles. The first-order valence-corrected chi connectivity index (χ1v) is 9.68. The largest absolute Gasteiger partial charge is 0.491 e. The van der Waals surface area contributed by atoms with Crippen LogP contribution in [0.4, 0.5) is 13.2 Å². The molecule has 0 aromatic rings. The van der Waals surface area contributed by atoms with Crippen molar-refractivity contribution in [3.8, 4) is 0 Å². The third-order valence-corrected chi connectivity index (χ3v) is 6.06. The molecule has 1 saturated heterocycles.